The number of carbonyl (C=O) groups is 2. The molecule has 0 spiro atoms. The van der Waals surface area contributed by atoms with Crippen molar-refractivity contribution in [3.8, 4) is 5.88 Å². The van der Waals surface area contributed by atoms with E-state index < -0.39 is 5.92 Å². The molecule has 3 heterocycles. The van der Waals surface area contributed by atoms with Crippen molar-refractivity contribution in [2.45, 2.75) is 13.0 Å². The molecular formula is C18H18N6O3. The van der Waals surface area contributed by atoms with E-state index in [0.29, 0.717) is 23.9 Å². The largest absolute Gasteiger partial charge is 0.480 e. The molecule has 1 aliphatic heterocycles. The first kappa shape index (κ1) is 17.0. The minimum absolute atomic E-state index is 0.0549. The van der Waals surface area contributed by atoms with E-state index in [1.807, 2.05) is 30.3 Å². The first-order chi connectivity index (χ1) is 13.2. The monoisotopic (exact) mass is 366 g/mol. The molecule has 1 aromatic carbocycles. The van der Waals surface area contributed by atoms with Gasteiger partial charge in [-0.2, -0.15) is 4.52 Å². The van der Waals surface area contributed by atoms with E-state index >= 15 is 0 Å². The summed E-state index contributed by atoms with van der Waals surface area (Å²) in [5.41, 5.74) is 1.36. The van der Waals surface area contributed by atoms with Gasteiger partial charge in [0.1, 0.15) is 0 Å². The molecule has 138 valence electrons. The molecule has 2 amide bonds. The number of hydrogen-bond donors (Lipinski definition) is 1. The Morgan fingerprint density at radius 1 is 1.22 bits per heavy atom. The van der Waals surface area contributed by atoms with E-state index in [0.717, 1.165) is 5.69 Å². The van der Waals surface area contributed by atoms with Crippen LogP contribution in [0.1, 0.15) is 12.2 Å². The maximum atomic E-state index is 12.5. The standard InChI is InChI=1S/C18H18N6O3/c1-27-16-8-7-14-20-21-15(24(14)22-16)10-19-18(26)12-9-17(25)23(11-12)13-5-3-2-4-6-13/h2-8,12H,9-11H2,1H3,(H,19,26)/t12-/m1/s1. The highest BCUT2D eigenvalue weighted by Crippen LogP contribution is 2.24. The molecule has 0 radical (unpaired) electrons. The number of para-hydroxylation sites is 1. The lowest BCUT2D eigenvalue weighted by Crippen LogP contribution is -2.33. The van der Waals surface area contributed by atoms with Crippen molar-refractivity contribution in [2.24, 2.45) is 5.92 Å². The van der Waals surface area contributed by atoms with E-state index in [2.05, 4.69) is 20.6 Å². The summed E-state index contributed by atoms with van der Waals surface area (Å²) in [7, 11) is 1.52. The number of benzene rings is 1. The average Bonchev–Trinajstić information content (AvgIpc) is 3.29. The van der Waals surface area contributed by atoms with Crippen LogP contribution < -0.4 is 15.0 Å². The summed E-state index contributed by atoms with van der Waals surface area (Å²) in [4.78, 5) is 26.4. The minimum Gasteiger partial charge on any atom is -0.480 e. The Morgan fingerprint density at radius 3 is 2.81 bits per heavy atom. The first-order valence-electron chi connectivity index (χ1n) is 8.54. The summed E-state index contributed by atoms with van der Waals surface area (Å²) in [6, 6.07) is 12.8. The molecule has 1 N–H and O–H groups in total. The highest BCUT2D eigenvalue weighted by atomic mass is 16.5. The van der Waals surface area contributed by atoms with Crippen LogP contribution in [0.5, 0.6) is 5.88 Å². The van der Waals surface area contributed by atoms with Gasteiger partial charge in [0, 0.05) is 24.7 Å². The average molecular weight is 366 g/mol. The van der Waals surface area contributed by atoms with Gasteiger partial charge in [-0.3, -0.25) is 9.59 Å². The molecule has 0 saturated carbocycles. The van der Waals surface area contributed by atoms with Gasteiger partial charge in [0.05, 0.1) is 19.6 Å². The van der Waals surface area contributed by atoms with Crippen LogP contribution in [-0.4, -0.2) is 45.3 Å². The van der Waals surface area contributed by atoms with Gasteiger partial charge in [0.25, 0.3) is 0 Å². The van der Waals surface area contributed by atoms with Gasteiger partial charge in [-0.25, -0.2) is 0 Å². The fourth-order valence-corrected chi connectivity index (χ4v) is 3.09. The van der Waals surface area contributed by atoms with Crippen molar-refractivity contribution in [3.05, 3.63) is 48.3 Å². The quantitative estimate of drug-likeness (QED) is 0.717. The van der Waals surface area contributed by atoms with Gasteiger partial charge < -0.3 is 15.0 Å². The van der Waals surface area contributed by atoms with Crippen LogP contribution >= 0.6 is 0 Å². The number of fused-ring (bicyclic) bond motifs is 1. The second-order valence-electron chi connectivity index (χ2n) is 6.22. The van der Waals surface area contributed by atoms with Crippen LogP contribution in [0, 0.1) is 5.92 Å². The molecule has 1 fully saturated rings. The molecule has 0 unspecified atom stereocenters. The maximum Gasteiger partial charge on any atom is 0.231 e. The van der Waals surface area contributed by atoms with Crippen LogP contribution in [-0.2, 0) is 16.1 Å². The second kappa shape index (κ2) is 7.02. The van der Waals surface area contributed by atoms with Gasteiger partial charge in [-0.1, -0.05) is 18.2 Å². The smallest absolute Gasteiger partial charge is 0.231 e. The van der Waals surface area contributed by atoms with Crippen molar-refractivity contribution >= 4 is 23.1 Å². The Morgan fingerprint density at radius 2 is 2.04 bits per heavy atom. The Bertz CT molecular complexity index is 987. The summed E-state index contributed by atoms with van der Waals surface area (Å²) in [5.74, 6) is 0.262. The molecule has 0 bridgehead atoms. The highest BCUT2D eigenvalue weighted by molar-refractivity contribution is 6.00. The van der Waals surface area contributed by atoms with E-state index in [4.69, 9.17) is 4.74 Å². The van der Waals surface area contributed by atoms with Crippen LogP contribution in [0.3, 0.4) is 0 Å². The van der Waals surface area contributed by atoms with E-state index in [-0.39, 0.29) is 24.8 Å². The number of nitrogens with one attached hydrogen (secondary N) is 1. The fourth-order valence-electron chi connectivity index (χ4n) is 3.09. The second-order valence-corrected chi connectivity index (χ2v) is 6.22. The van der Waals surface area contributed by atoms with Crippen LogP contribution in [0.25, 0.3) is 5.65 Å². The predicted molar refractivity (Wildman–Crippen MR) is 96.1 cm³/mol. The van der Waals surface area contributed by atoms with Gasteiger partial charge in [0.15, 0.2) is 11.5 Å². The molecule has 4 rings (SSSR count). The lowest BCUT2D eigenvalue weighted by atomic mass is 10.1. The van der Waals surface area contributed by atoms with Crippen molar-refractivity contribution < 1.29 is 14.3 Å². The molecule has 1 atom stereocenters. The summed E-state index contributed by atoms with van der Waals surface area (Å²) in [6.45, 7) is 0.525. The number of aromatic nitrogens is 4. The number of anilines is 1. The summed E-state index contributed by atoms with van der Waals surface area (Å²) < 4.78 is 6.62. The number of methoxy groups -OCH3 is 1. The van der Waals surface area contributed by atoms with E-state index in [9.17, 15) is 9.59 Å². The minimum atomic E-state index is -0.403. The van der Waals surface area contributed by atoms with Crippen LogP contribution in [0.4, 0.5) is 5.69 Å². The molecule has 27 heavy (non-hydrogen) atoms. The topological polar surface area (TPSA) is 102 Å². The third-order valence-electron chi connectivity index (χ3n) is 4.50. The van der Waals surface area contributed by atoms with Crippen molar-refractivity contribution in [1.82, 2.24) is 25.1 Å². The van der Waals surface area contributed by atoms with Crippen molar-refractivity contribution in [3.63, 3.8) is 0 Å². The summed E-state index contributed by atoms with van der Waals surface area (Å²) in [6.07, 6.45) is 0.188. The number of carbonyl (C=O) groups excluding carboxylic acids is 2. The number of ether oxygens (including phenoxy) is 1. The fraction of sp³-hybridized carbons (Fsp3) is 0.278. The molecule has 3 aromatic rings. The van der Waals surface area contributed by atoms with Crippen molar-refractivity contribution in [1.29, 1.82) is 0 Å². The van der Waals surface area contributed by atoms with Gasteiger partial charge in [0.2, 0.25) is 17.7 Å². The van der Waals surface area contributed by atoms with E-state index in [1.165, 1.54) is 11.6 Å². The number of amides is 2. The molecular weight excluding hydrogens is 348 g/mol. The maximum absolute atomic E-state index is 12.5. The molecule has 9 heteroatoms. The molecule has 2 aromatic heterocycles. The Kier molecular flexibility index (Phi) is 4.41. The number of rotatable bonds is 5. The zero-order valence-corrected chi connectivity index (χ0v) is 14.7. The van der Waals surface area contributed by atoms with Crippen molar-refractivity contribution in [2.75, 3.05) is 18.6 Å². The Labute approximate surface area is 154 Å². The van der Waals surface area contributed by atoms with Gasteiger partial charge in [-0.15, -0.1) is 15.3 Å². The molecule has 1 saturated heterocycles. The highest BCUT2D eigenvalue weighted by Gasteiger charge is 2.35. The van der Waals surface area contributed by atoms with Gasteiger partial charge in [-0.05, 0) is 18.2 Å². The SMILES string of the molecule is COc1ccc2nnc(CNC(=O)[C@@H]3CC(=O)N(c4ccccc4)C3)n2n1. The lowest BCUT2D eigenvalue weighted by molar-refractivity contribution is -0.126. The molecule has 1 aliphatic rings. The number of nitrogens with zero attached hydrogens (tertiary/aromatic N) is 5. The predicted octanol–water partition coefficient (Wildman–Crippen LogP) is 0.802. The molecule has 0 aliphatic carbocycles. The Hall–Kier alpha value is -3.49. The first-order valence-corrected chi connectivity index (χ1v) is 8.54. The lowest BCUT2D eigenvalue weighted by Gasteiger charge is -2.16. The number of hydrogen-bond acceptors (Lipinski definition) is 6. The third kappa shape index (κ3) is 3.31. The van der Waals surface area contributed by atoms with Gasteiger partial charge >= 0.3 is 0 Å². The summed E-state index contributed by atoms with van der Waals surface area (Å²) >= 11 is 0. The van der Waals surface area contributed by atoms with Crippen LogP contribution in [0.2, 0.25) is 0 Å². The third-order valence-corrected chi connectivity index (χ3v) is 4.50. The zero-order chi connectivity index (χ0) is 18.8. The molecule has 9 nitrogen and oxygen atoms in total. The summed E-state index contributed by atoms with van der Waals surface area (Å²) in [5, 5.41) is 15.1. The van der Waals surface area contributed by atoms with E-state index in [1.54, 1.807) is 17.0 Å². The Balaban J connectivity index is 1.42. The normalized spacial score (nSPS) is 16.7. The van der Waals surface area contributed by atoms with Crippen LogP contribution in [0.15, 0.2) is 42.5 Å². The zero-order valence-electron chi connectivity index (χ0n) is 14.7.